The third-order valence-electron chi connectivity index (χ3n) is 3.39. The number of hydrogen-bond acceptors (Lipinski definition) is 4. The second-order valence-electron chi connectivity index (χ2n) is 5.04. The highest BCUT2D eigenvalue weighted by Crippen LogP contribution is 2.20. The van der Waals surface area contributed by atoms with Gasteiger partial charge in [0.15, 0.2) is 0 Å². The summed E-state index contributed by atoms with van der Waals surface area (Å²) in [4.78, 5) is 27.3. The fourth-order valence-electron chi connectivity index (χ4n) is 2.15. The van der Waals surface area contributed by atoms with Crippen molar-refractivity contribution < 1.29 is 8.42 Å². The van der Waals surface area contributed by atoms with Crippen molar-refractivity contribution in [3.05, 3.63) is 68.7 Å². The monoisotopic (exact) mass is 331 g/mol. The average molecular weight is 331 g/mol. The first kappa shape index (κ1) is 15.0. The van der Waals surface area contributed by atoms with Crippen LogP contribution >= 0.6 is 0 Å². The van der Waals surface area contributed by atoms with Gasteiger partial charge in [-0.15, -0.1) is 0 Å². The van der Waals surface area contributed by atoms with E-state index in [1.54, 1.807) is 25.1 Å². The summed E-state index contributed by atoms with van der Waals surface area (Å²) in [7, 11) is -3.81. The Morgan fingerprint density at radius 1 is 0.913 bits per heavy atom. The van der Waals surface area contributed by atoms with Gasteiger partial charge in [0.2, 0.25) is 0 Å². The summed E-state index contributed by atoms with van der Waals surface area (Å²) < 4.78 is 27.5. The highest BCUT2D eigenvalue weighted by Gasteiger charge is 2.16. The minimum atomic E-state index is -3.81. The van der Waals surface area contributed by atoms with Crippen LogP contribution in [0.15, 0.2) is 56.9 Å². The van der Waals surface area contributed by atoms with Gasteiger partial charge in [-0.2, -0.15) is 0 Å². The maximum Gasteiger partial charge on any atom is 0.314 e. The van der Waals surface area contributed by atoms with Gasteiger partial charge in [0, 0.05) is 0 Å². The predicted octanol–water partition coefficient (Wildman–Crippen LogP) is 1.33. The van der Waals surface area contributed by atoms with Crippen molar-refractivity contribution >= 4 is 26.7 Å². The van der Waals surface area contributed by atoms with Crippen LogP contribution in [0.5, 0.6) is 0 Å². The zero-order valence-corrected chi connectivity index (χ0v) is 12.9. The van der Waals surface area contributed by atoms with Crippen LogP contribution in [-0.2, 0) is 10.0 Å². The van der Waals surface area contributed by atoms with E-state index in [1.807, 2.05) is 6.07 Å². The Morgan fingerprint density at radius 3 is 2.26 bits per heavy atom. The van der Waals surface area contributed by atoms with E-state index in [1.165, 1.54) is 18.2 Å². The first-order chi connectivity index (χ1) is 10.9. The van der Waals surface area contributed by atoms with Crippen LogP contribution in [0.1, 0.15) is 5.56 Å². The van der Waals surface area contributed by atoms with Gasteiger partial charge in [-0.25, -0.2) is 8.42 Å². The number of para-hydroxylation sites is 1. The molecule has 0 bridgehead atoms. The van der Waals surface area contributed by atoms with Gasteiger partial charge < -0.3 is 9.97 Å². The number of hydrogen-bond donors (Lipinski definition) is 3. The van der Waals surface area contributed by atoms with E-state index in [4.69, 9.17) is 0 Å². The molecule has 0 atom stereocenters. The quantitative estimate of drug-likeness (QED) is 0.628. The van der Waals surface area contributed by atoms with Gasteiger partial charge in [-0.3, -0.25) is 14.3 Å². The molecule has 0 aliphatic carbocycles. The summed E-state index contributed by atoms with van der Waals surface area (Å²) in [5, 5.41) is 0. The van der Waals surface area contributed by atoms with Gasteiger partial charge in [-0.1, -0.05) is 18.2 Å². The van der Waals surface area contributed by atoms with Crippen LogP contribution in [-0.4, -0.2) is 18.4 Å². The molecule has 0 fully saturated rings. The molecule has 0 unspecified atom stereocenters. The second-order valence-corrected chi connectivity index (χ2v) is 6.72. The smallest absolute Gasteiger partial charge is 0.314 e. The number of fused-ring (bicyclic) bond motifs is 1. The van der Waals surface area contributed by atoms with Crippen molar-refractivity contribution in [2.24, 2.45) is 0 Å². The number of rotatable bonds is 3. The highest BCUT2D eigenvalue weighted by atomic mass is 32.2. The standard InChI is InChI=1S/C15H13N3O4S/c1-9-4-2-3-5-11(9)18-23(21,22)10-6-7-12-13(8-10)17-15(20)14(19)16-12/h2-8,18H,1H3,(H,16,19)(H,17,20). The molecule has 23 heavy (non-hydrogen) atoms. The van der Waals surface area contributed by atoms with E-state index in [2.05, 4.69) is 14.7 Å². The summed E-state index contributed by atoms with van der Waals surface area (Å²) in [6, 6.07) is 11.1. The van der Waals surface area contributed by atoms with Crippen molar-refractivity contribution in [1.29, 1.82) is 0 Å². The number of H-pyrrole nitrogens is 2. The lowest BCUT2D eigenvalue weighted by molar-refractivity contribution is 0.601. The molecule has 0 aliphatic rings. The Bertz CT molecular complexity index is 1110. The minimum Gasteiger partial charge on any atom is -0.316 e. The summed E-state index contributed by atoms with van der Waals surface area (Å²) in [6.45, 7) is 1.79. The molecule has 0 amide bonds. The van der Waals surface area contributed by atoms with Crippen molar-refractivity contribution in [2.45, 2.75) is 11.8 Å². The van der Waals surface area contributed by atoms with E-state index in [0.717, 1.165) is 5.56 Å². The van der Waals surface area contributed by atoms with Crippen LogP contribution in [0.3, 0.4) is 0 Å². The van der Waals surface area contributed by atoms with Gasteiger partial charge in [0.25, 0.3) is 10.0 Å². The molecule has 3 aromatic rings. The van der Waals surface area contributed by atoms with Crippen LogP contribution in [0.4, 0.5) is 5.69 Å². The van der Waals surface area contributed by atoms with E-state index in [0.29, 0.717) is 11.2 Å². The second kappa shape index (κ2) is 5.40. The third-order valence-corrected chi connectivity index (χ3v) is 4.76. The van der Waals surface area contributed by atoms with E-state index in [9.17, 15) is 18.0 Å². The van der Waals surface area contributed by atoms with Gasteiger partial charge in [-0.05, 0) is 36.8 Å². The average Bonchev–Trinajstić information content (AvgIpc) is 2.50. The summed E-state index contributed by atoms with van der Waals surface area (Å²) in [5.74, 6) is 0. The lowest BCUT2D eigenvalue weighted by Gasteiger charge is -2.10. The summed E-state index contributed by atoms with van der Waals surface area (Å²) in [6.07, 6.45) is 0. The molecule has 7 nitrogen and oxygen atoms in total. The third kappa shape index (κ3) is 2.88. The molecule has 3 N–H and O–H groups in total. The molecule has 1 aromatic heterocycles. The Morgan fingerprint density at radius 2 is 1.57 bits per heavy atom. The Hall–Kier alpha value is -2.87. The SMILES string of the molecule is Cc1ccccc1NS(=O)(=O)c1ccc2[nH]c(=O)c(=O)[nH]c2c1. The van der Waals surface area contributed by atoms with E-state index < -0.39 is 21.1 Å². The zero-order chi connectivity index (χ0) is 16.6. The van der Waals surface area contributed by atoms with Gasteiger partial charge in [0.05, 0.1) is 21.6 Å². The van der Waals surface area contributed by atoms with Crippen molar-refractivity contribution in [1.82, 2.24) is 9.97 Å². The predicted molar refractivity (Wildman–Crippen MR) is 87.2 cm³/mol. The van der Waals surface area contributed by atoms with E-state index >= 15 is 0 Å². The zero-order valence-electron chi connectivity index (χ0n) is 12.1. The first-order valence-electron chi connectivity index (χ1n) is 6.72. The number of benzene rings is 2. The molecule has 0 spiro atoms. The molecule has 2 aromatic carbocycles. The van der Waals surface area contributed by atoms with Crippen LogP contribution in [0, 0.1) is 6.92 Å². The fraction of sp³-hybridized carbons (Fsp3) is 0.0667. The first-order valence-corrected chi connectivity index (χ1v) is 8.20. The maximum atomic E-state index is 12.5. The Balaban J connectivity index is 2.08. The largest absolute Gasteiger partial charge is 0.316 e. The number of nitrogens with one attached hydrogen (secondary N) is 3. The molecule has 0 radical (unpaired) electrons. The van der Waals surface area contributed by atoms with Gasteiger partial charge in [0.1, 0.15) is 0 Å². The lowest BCUT2D eigenvalue weighted by Crippen LogP contribution is -2.29. The summed E-state index contributed by atoms with van der Waals surface area (Å²) >= 11 is 0. The van der Waals surface area contributed by atoms with Crippen LogP contribution < -0.4 is 15.8 Å². The van der Waals surface area contributed by atoms with Crippen LogP contribution in [0.25, 0.3) is 11.0 Å². The molecular weight excluding hydrogens is 318 g/mol. The molecule has 118 valence electrons. The minimum absolute atomic E-state index is 0.0176. The van der Waals surface area contributed by atoms with E-state index in [-0.39, 0.29) is 10.4 Å². The molecule has 0 saturated heterocycles. The molecule has 8 heteroatoms. The number of aryl methyl sites for hydroxylation is 1. The highest BCUT2D eigenvalue weighted by molar-refractivity contribution is 7.92. The fourth-order valence-corrected chi connectivity index (χ4v) is 3.31. The normalized spacial score (nSPS) is 11.5. The molecule has 3 rings (SSSR count). The van der Waals surface area contributed by atoms with Crippen LogP contribution in [0.2, 0.25) is 0 Å². The lowest BCUT2D eigenvalue weighted by atomic mass is 10.2. The Kier molecular flexibility index (Phi) is 3.53. The Labute approximate surface area is 131 Å². The van der Waals surface area contributed by atoms with Crippen molar-refractivity contribution in [3.8, 4) is 0 Å². The number of sulfonamides is 1. The molecule has 0 aliphatic heterocycles. The number of aromatic nitrogens is 2. The maximum absolute atomic E-state index is 12.5. The van der Waals surface area contributed by atoms with Crippen molar-refractivity contribution in [2.75, 3.05) is 4.72 Å². The van der Waals surface area contributed by atoms with Gasteiger partial charge >= 0.3 is 11.1 Å². The summed E-state index contributed by atoms with van der Waals surface area (Å²) in [5.41, 5.74) is 0.230. The molecular formula is C15H13N3O4S. The molecule has 0 saturated carbocycles. The number of aromatic amines is 2. The number of anilines is 1. The van der Waals surface area contributed by atoms with Crippen molar-refractivity contribution in [3.63, 3.8) is 0 Å². The topological polar surface area (TPSA) is 112 Å². The molecule has 1 heterocycles.